The number of rotatable bonds is 4. The van der Waals surface area contributed by atoms with Crippen LogP contribution in [-0.2, 0) is 0 Å². The lowest BCUT2D eigenvalue weighted by atomic mass is 10.1. The first-order valence-electron chi connectivity index (χ1n) is 6.60. The van der Waals surface area contributed by atoms with Crippen molar-refractivity contribution in [2.75, 3.05) is 0 Å². The highest BCUT2D eigenvalue weighted by atomic mass is 16.5. The average molecular weight is 298 g/mol. The number of carboxylic acids is 1. The van der Waals surface area contributed by atoms with Crippen molar-refractivity contribution in [3.8, 4) is 17.5 Å². The van der Waals surface area contributed by atoms with Crippen LogP contribution in [0.2, 0.25) is 0 Å². The smallest absolute Gasteiger partial charge is 0.341 e. The molecule has 0 bridgehead atoms. The Morgan fingerprint density at radius 2 is 2.09 bits per heavy atom. The molecule has 1 N–H and O–H groups in total. The maximum absolute atomic E-state index is 12.1. The van der Waals surface area contributed by atoms with Gasteiger partial charge in [0.15, 0.2) is 0 Å². The van der Waals surface area contributed by atoms with E-state index in [0.717, 1.165) is 0 Å². The minimum atomic E-state index is -1.29. The number of benzene rings is 1. The Bertz CT molecular complexity index is 816. The van der Waals surface area contributed by atoms with Crippen LogP contribution in [0.1, 0.15) is 29.8 Å². The third kappa shape index (κ3) is 2.99. The van der Waals surface area contributed by atoms with Gasteiger partial charge in [-0.05, 0) is 44.2 Å². The Morgan fingerprint density at radius 3 is 2.68 bits per heavy atom. The fourth-order valence-electron chi connectivity index (χ4n) is 1.97. The van der Waals surface area contributed by atoms with Crippen LogP contribution in [0.25, 0.3) is 5.69 Å². The molecule has 0 atom stereocenters. The zero-order valence-electron chi connectivity index (χ0n) is 12.1. The van der Waals surface area contributed by atoms with Gasteiger partial charge in [0, 0.05) is 6.20 Å². The number of hydrogen-bond donors (Lipinski definition) is 1. The molecule has 0 spiro atoms. The molecular weight excluding hydrogens is 284 g/mol. The highest BCUT2D eigenvalue weighted by Crippen LogP contribution is 2.22. The lowest BCUT2D eigenvalue weighted by molar-refractivity contribution is 0.0694. The molecule has 0 saturated carbocycles. The molecule has 0 radical (unpaired) electrons. The van der Waals surface area contributed by atoms with Gasteiger partial charge in [-0.25, -0.2) is 4.79 Å². The first kappa shape index (κ1) is 15.3. The molecule has 1 heterocycles. The van der Waals surface area contributed by atoms with Crippen LogP contribution < -0.4 is 10.3 Å². The zero-order valence-corrected chi connectivity index (χ0v) is 12.1. The van der Waals surface area contributed by atoms with E-state index in [1.54, 1.807) is 12.1 Å². The predicted octanol–water partition coefficient (Wildman–Crippen LogP) is 2.19. The number of carbonyl (C=O) groups is 1. The van der Waals surface area contributed by atoms with E-state index in [1.807, 2.05) is 19.9 Å². The quantitative estimate of drug-likeness (QED) is 0.934. The number of carboxylic acid groups (broad SMARTS) is 1. The molecule has 0 saturated heterocycles. The van der Waals surface area contributed by atoms with Gasteiger partial charge in [-0.3, -0.25) is 9.36 Å². The van der Waals surface area contributed by atoms with Crippen LogP contribution in [0.15, 0.2) is 41.3 Å². The normalized spacial score (nSPS) is 10.3. The Balaban J connectivity index is 2.56. The van der Waals surface area contributed by atoms with E-state index in [-0.39, 0.29) is 17.2 Å². The summed E-state index contributed by atoms with van der Waals surface area (Å²) in [5.74, 6) is -0.872. The van der Waals surface area contributed by atoms with Gasteiger partial charge in [0.05, 0.1) is 17.4 Å². The van der Waals surface area contributed by atoms with Crippen LogP contribution in [0.4, 0.5) is 0 Å². The molecule has 112 valence electrons. The van der Waals surface area contributed by atoms with Gasteiger partial charge >= 0.3 is 5.97 Å². The first-order chi connectivity index (χ1) is 10.4. The number of hydrogen-bond acceptors (Lipinski definition) is 4. The summed E-state index contributed by atoms with van der Waals surface area (Å²) in [7, 11) is 0. The van der Waals surface area contributed by atoms with Gasteiger partial charge < -0.3 is 9.84 Å². The molecule has 1 aromatic carbocycles. The number of aromatic carboxylic acids is 1. The van der Waals surface area contributed by atoms with Gasteiger partial charge in [-0.15, -0.1) is 0 Å². The van der Waals surface area contributed by atoms with Gasteiger partial charge in [0.1, 0.15) is 17.4 Å². The second-order valence-corrected chi connectivity index (χ2v) is 4.86. The van der Waals surface area contributed by atoms with Crippen LogP contribution in [-0.4, -0.2) is 21.7 Å². The lowest BCUT2D eigenvalue weighted by Gasteiger charge is -2.13. The third-order valence-electron chi connectivity index (χ3n) is 2.90. The number of nitriles is 1. The van der Waals surface area contributed by atoms with E-state index in [2.05, 4.69) is 0 Å². The molecule has 0 aliphatic rings. The van der Waals surface area contributed by atoms with E-state index in [4.69, 9.17) is 9.84 Å². The van der Waals surface area contributed by atoms with Crippen molar-refractivity contribution in [1.29, 1.82) is 5.26 Å². The standard InChI is InChI=1S/C16H14N2O4/c1-10(2)22-14-6-5-12(8-11(14)9-17)18-7-3-4-13(15(18)19)16(20)21/h3-8,10H,1-2H3,(H,20,21). The maximum Gasteiger partial charge on any atom is 0.341 e. The van der Waals surface area contributed by atoms with E-state index in [9.17, 15) is 14.9 Å². The molecule has 2 aromatic rings. The fourth-order valence-corrected chi connectivity index (χ4v) is 1.97. The highest BCUT2D eigenvalue weighted by molar-refractivity contribution is 5.87. The molecule has 0 aliphatic carbocycles. The van der Waals surface area contributed by atoms with Crippen LogP contribution in [0.3, 0.4) is 0 Å². The summed E-state index contributed by atoms with van der Waals surface area (Å²) < 4.78 is 6.70. The minimum Gasteiger partial charge on any atom is -0.490 e. The first-order valence-corrected chi connectivity index (χ1v) is 6.60. The Hall–Kier alpha value is -3.07. The number of pyridine rings is 1. The molecule has 6 heteroatoms. The predicted molar refractivity (Wildman–Crippen MR) is 79.5 cm³/mol. The van der Waals surface area contributed by atoms with Crippen LogP contribution in [0.5, 0.6) is 5.75 Å². The Labute approximate surface area is 126 Å². The number of nitrogens with zero attached hydrogens (tertiary/aromatic N) is 2. The van der Waals surface area contributed by atoms with Gasteiger partial charge in [0.25, 0.3) is 5.56 Å². The SMILES string of the molecule is CC(C)Oc1ccc(-n2cccc(C(=O)O)c2=O)cc1C#N. The van der Waals surface area contributed by atoms with Crippen LogP contribution >= 0.6 is 0 Å². The summed E-state index contributed by atoms with van der Waals surface area (Å²) in [5, 5.41) is 18.2. The fraction of sp³-hybridized carbons (Fsp3) is 0.188. The van der Waals surface area contributed by atoms with Crippen LogP contribution in [0, 0.1) is 11.3 Å². The molecule has 2 rings (SSSR count). The van der Waals surface area contributed by atoms with E-state index < -0.39 is 11.5 Å². The highest BCUT2D eigenvalue weighted by Gasteiger charge is 2.13. The summed E-state index contributed by atoms with van der Waals surface area (Å²) in [6.07, 6.45) is 1.37. The molecule has 0 unspecified atom stereocenters. The molecule has 6 nitrogen and oxygen atoms in total. The van der Waals surface area contributed by atoms with E-state index >= 15 is 0 Å². The van der Waals surface area contributed by atoms with Gasteiger partial charge in [-0.1, -0.05) is 0 Å². The summed E-state index contributed by atoms with van der Waals surface area (Å²) in [6.45, 7) is 3.69. The molecule has 0 fully saturated rings. The Morgan fingerprint density at radius 1 is 1.36 bits per heavy atom. The van der Waals surface area contributed by atoms with Crippen molar-refractivity contribution in [2.45, 2.75) is 20.0 Å². The summed E-state index contributed by atoms with van der Waals surface area (Å²) in [6, 6.07) is 9.40. The molecular formula is C16H14N2O4. The minimum absolute atomic E-state index is 0.0870. The summed E-state index contributed by atoms with van der Waals surface area (Å²) in [5.41, 5.74) is -0.306. The summed E-state index contributed by atoms with van der Waals surface area (Å²) >= 11 is 0. The number of aromatic nitrogens is 1. The number of ether oxygens (including phenoxy) is 1. The maximum atomic E-state index is 12.1. The molecule has 22 heavy (non-hydrogen) atoms. The summed E-state index contributed by atoms with van der Waals surface area (Å²) in [4.78, 5) is 23.2. The topological polar surface area (TPSA) is 92.3 Å². The van der Waals surface area contributed by atoms with Crippen molar-refractivity contribution in [1.82, 2.24) is 4.57 Å². The van der Waals surface area contributed by atoms with Crippen molar-refractivity contribution in [3.05, 3.63) is 58.0 Å². The van der Waals surface area contributed by atoms with Crippen molar-refractivity contribution >= 4 is 5.97 Å². The average Bonchev–Trinajstić information content (AvgIpc) is 2.47. The monoisotopic (exact) mass is 298 g/mol. The third-order valence-corrected chi connectivity index (χ3v) is 2.90. The zero-order chi connectivity index (χ0) is 16.3. The second kappa shape index (κ2) is 6.14. The lowest BCUT2D eigenvalue weighted by Crippen LogP contribution is -2.24. The largest absolute Gasteiger partial charge is 0.490 e. The van der Waals surface area contributed by atoms with Gasteiger partial charge in [0.2, 0.25) is 0 Å². The Kier molecular flexibility index (Phi) is 4.28. The van der Waals surface area contributed by atoms with Crippen molar-refractivity contribution in [2.24, 2.45) is 0 Å². The van der Waals surface area contributed by atoms with Crippen molar-refractivity contribution < 1.29 is 14.6 Å². The van der Waals surface area contributed by atoms with E-state index in [1.165, 1.54) is 29.0 Å². The molecule has 0 aliphatic heterocycles. The second-order valence-electron chi connectivity index (χ2n) is 4.86. The van der Waals surface area contributed by atoms with Gasteiger partial charge in [-0.2, -0.15) is 5.26 Å². The van der Waals surface area contributed by atoms with E-state index in [0.29, 0.717) is 11.4 Å². The molecule has 0 amide bonds. The molecule has 1 aromatic heterocycles. The van der Waals surface area contributed by atoms with Crippen molar-refractivity contribution in [3.63, 3.8) is 0 Å².